The van der Waals surface area contributed by atoms with Crippen LogP contribution in [0.4, 0.5) is 13.2 Å². The minimum absolute atomic E-state index is 0.0352. The highest BCUT2D eigenvalue weighted by molar-refractivity contribution is 5.77. The third-order valence-corrected chi connectivity index (χ3v) is 4.68. The molecule has 1 amide bonds. The Labute approximate surface area is 177 Å². The number of halogens is 3. The van der Waals surface area contributed by atoms with Crippen LogP contribution in [-0.4, -0.2) is 90.2 Å². The van der Waals surface area contributed by atoms with Gasteiger partial charge in [-0.25, -0.2) is 4.98 Å². The van der Waals surface area contributed by atoms with Gasteiger partial charge in [0.2, 0.25) is 5.91 Å². The summed E-state index contributed by atoms with van der Waals surface area (Å²) in [6.07, 6.45) is -13.0. The molecule has 0 aliphatic carbocycles. The summed E-state index contributed by atoms with van der Waals surface area (Å²) in [7, 11) is 0. The SMILES string of the molecule is O=C(CO)N[C@@H](C(O)[C@H](O)[C@H](O)CO)[C@H](O)Cc1nc2ccc(C(F)(F)F)cc2[nH]c1=O. The first-order valence-electron chi connectivity index (χ1n) is 9.22. The van der Waals surface area contributed by atoms with Gasteiger partial charge in [-0.3, -0.25) is 9.59 Å². The average molecular weight is 465 g/mol. The Morgan fingerprint density at radius 2 is 1.75 bits per heavy atom. The minimum Gasteiger partial charge on any atom is -0.394 e. The Morgan fingerprint density at radius 3 is 2.31 bits per heavy atom. The number of hydrogen-bond acceptors (Lipinski definition) is 9. The van der Waals surface area contributed by atoms with Crippen LogP contribution < -0.4 is 10.9 Å². The molecule has 5 atom stereocenters. The Hall–Kier alpha value is -2.62. The minimum atomic E-state index is -4.64. The van der Waals surface area contributed by atoms with E-state index in [1.54, 1.807) is 0 Å². The fourth-order valence-electron chi connectivity index (χ4n) is 2.95. The van der Waals surface area contributed by atoms with Crippen molar-refractivity contribution in [1.29, 1.82) is 0 Å². The van der Waals surface area contributed by atoms with Crippen LogP contribution in [0.2, 0.25) is 0 Å². The second-order valence-corrected chi connectivity index (χ2v) is 7.00. The standard InChI is InChI=1S/C18H22F3N3O8/c19-18(20,21)7-1-2-8-9(3-7)23-17(32)10(22-8)4-11(27)14(24-13(29)6-26)16(31)15(30)12(28)5-25/h1-3,11-12,14-16,25-28,30-31H,4-6H2,(H,23,32)(H,24,29)/t11-,12-,14-,15-,16?/m1/s1. The van der Waals surface area contributed by atoms with Crippen molar-refractivity contribution in [1.82, 2.24) is 15.3 Å². The van der Waals surface area contributed by atoms with Crippen LogP contribution in [0.15, 0.2) is 23.0 Å². The second-order valence-electron chi connectivity index (χ2n) is 7.00. The number of carbonyl (C=O) groups excluding carboxylic acids is 1. The molecule has 11 nitrogen and oxygen atoms in total. The summed E-state index contributed by atoms with van der Waals surface area (Å²) in [5.74, 6) is -1.07. The zero-order chi connectivity index (χ0) is 24.2. The number of rotatable bonds is 9. The third kappa shape index (κ3) is 5.99. The molecule has 1 unspecified atom stereocenters. The molecule has 32 heavy (non-hydrogen) atoms. The molecule has 0 saturated heterocycles. The van der Waals surface area contributed by atoms with Crippen molar-refractivity contribution in [2.45, 2.75) is 43.1 Å². The largest absolute Gasteiger partial charge is 0.416 e. The van der Waals surface area contributed by atoms with Crippen molar-refractivity contribution < 1.29 is 48.6 Å². The van der Waals surface area contributed by atoms with Crippen molar-refractivity contribution in [3.63, 3.8) is 0 Å². The van der Waals surface area contributed by atoms with Crippen LogP contribution in [-0.2, 0) is 17.4 Å². The molecule has 0 saturated carbocycles. The molecular formula is C18H22F3N3O8. The van der Waals surface area contributed by atoms with Gasteiger partial charge in [0.15, 0.2) is 0 Å². The molecule has 14 heteroatoms. The number of aromatic nitrogens is 2. The number of aromatic amines is 1. The molecule has 8 N–H and O–H groups in total. The normalized spacial score (nSPS) is 16.9. The molecule has 0 aliphatic heterocycles. The van der Waals surface area contributed by atoms with E-state index in [1.807, 2.05) is 5.32 Å². The number of amides is 1. The Bertz CT molecular complexity index is 1000. The highest BCUT2D eigenvalue weighted by Gasteiger charge is 2.37. The van der Waals surface area contributed by atoms with Crippen LogP contribution in [0.5, 0.6) is 0 Å². The molecule has 1 heterocycles. The summed E-state index contributed by atoms with van der Waals surface area (Å²) in [6.45, 7) is -2.01. The van der Waals surface area contributed by atoms with E-state index in [0.29, 0.717) is 6.07 Å². The second kappa shape index (κ2) is 10.3. The Morgan fingerprint density at radius 1 is 1.09 bits per heavy atom. The first kappa shape index (κ1) is 25.6. The fourth-order valence-corrected chi connectivity index (χ4v) is 2.95. The van der Waals surface area contributed by atoms with Gasteiger partial charge in [0.1, 0.15) is 30.6 Å². The van der Waals surface area contributed by atoms with Gasteiger partial charge in [-0.2, -0.15) is 13.2 Å². The Balaban J connectivity index is 2.34. The van der Waals surface area contributed by atoms with Crippen molar-refractivity contribution in [2.24, 2.45) is 0 Å². The number of nitrogens with zero attached hydrogens (tertiary/aromatic N) is 1. The molecule has 2 aromatic rings. The lowest BCUT2D eigenvalue weighted by Crippen LogP contribution is -2.58. The lowest BCUT2D eigenvalue weighted by atomic mass is 9.94. The summed E-state index contributed by atoms with van der Waals surface area (Å²) >= 11 is 0. The summed E-state index contributed by atoms with van der Waals surface area (Å²) in [5, 5.41) is 59.9. The first-order chi connectivity index (χ1) is 14.9. The van der Waals surface area contributed by atoms with Gasteiger partial charge in [0.25, 0.3) is 5.56 Å². The number of aliphatic hydroxyl groups is 6. The van der Waals surface area contributed by atoms with Gasteiger partial charge in [0.05, 0.1) is 35.3 Å². The monoisotopic (exact) mass is 465 g/mol. The van der Waals surface area contributed by atoms with E-state index in [2.05, 4.69) is 9.97 Å². The van der Waals surface area contributed by atoms with Crippen LogP contribution in [0.1, 0.15) is 11.3 Å². The van der Waals surface area contributed by atoms with Crippen LogP contribution in [0, 0.1) is 0 Å². The number of hydrogen-bond donors (Lipinski definition) is 8. The number of H-pyrrole nitrogens is 1. The van der Waals surface area contributed by atoms with Crippen molar-refractivity contribution >= 4 is 16.9 Å². The molecule has 0 radical (unpaired) electrons. The predicted molar refractivity (Wildman–Crippen MR) is 101 cm³/mol. The molecule has 1 aromatic carbocycles. The van der Waals surface area contributed by atoms with E-state index in [9.17, 15) is 43.2 Å². The van der Waals surface area contributed by atoms with Crippen molar-refractivity contribution in [3.05, 3.63) is 39.8 Å². The molecule has 1 aromatic heterocycles. The molecular weight excluding hydrogens is 443 g/mol. The predicted octanol–water partition coefficient (Wildman–Crippen LogP) is -2.60. The number of alkyl halides is 3. The van der Waals surface area contributed by atoms with Crippen LogP contribution in [0.3, 0.4) is 0 Å². The quantitative estimate of drug-likeness (QED) is 0.196. The lowest BCUT2D eigenvalue weighted by Gasteiger charge is -2.32. The average Bonchev–Trinajstić information content (AvgIpc) is 2.74. The van der Waals surface area contributed by atoms with Crippen molar-refractivity contribution in [3.8, 4) is 0 Å². The van der Waals surface area contributed by atoms with Crippen molar-refractivity contribution in [2.75, 3.05) is 13.2 Å². The maximum atomic E-state index is 12.8. The lowest BCUT2D eigenvalue weighted by molar-refractivity contribution is -0.137. The highest BCUT2D eigenvalue weighted by Crippen LogP contribution is 2.30. The van der Waals surface area contributed by atoms with E-state index >= 15 is 0 Å². The van der Waals surface area contributed by atoms with E-state index in [4.69, 9.17) is 10.2 Å². The summed E-state index contributed by atoms with van der Waals surface area (Å²) in [6, 6.07) is 0.708. The smallest absolute Gasteiger partial charge is 0.394 e. The van der Waals surface area contributed by atoms with Gasteiger partial charge in [-0.15, -0.1) is 0 Å². The van der Waals surface area contributed by atoms with E-state index < -0.39 is 73.3 Å². The van der Waals surface area contributed by atoms with Crippen LogP contribution >= 0.6 is 0 Å². The highest BCUT2D eigenvalue weighted by atomic mass is 19.4. The summed E-state index contributed by atoms with van der Waals surface area (Å²) < 4.78 is 38.5. The van der Waals surface area contributed by atoms with Gasteiger partial charge in [0, 0.05) is 6.42 Å². The number of carbonyl (C=O) groups is 1. The number of fused-ring (bicyclic) bond motifs is 1. The number of aliphatic hydroxyl groups excluding tert-OH is 6. The van der Waals surface area contributed by atoms with Gasteiger partial charge >= 0.3 is 6.18 Å². The summed E-state index contributed by atoms with van der Waals surface area (Å²) in [5.41, 5.74) is -2.57. The number of benzene rings is 1. The van der Waals surface area contributed by atoms with E-state index in [0.717, 1.165) is 12.1 Å². The van der Waals surface area contributed by atoms with E-state index in [-0.39, 0.29) is 16.7 Å². The Kier molecular flexibility index (Phi) is 8.28. The maximum absolute atomic E-state index is 12.8. The molecule has 0 fully saturated rings. The topological polar surface area (TPSA) is 196 Å². The van der Waals surface area contributed by atoms with Crippen LogP contribution in [0.25, 0.3) is 11.0 Å². The van der Waals surface area contributed by atoms with Gasteiger partial charge in [-0.05, 0) is 18.2 Å². The van der Waals surface area contributed by atoms with Gasteiger partial charge in [-0.1, -0.05) is 0 Å². The molecule has 0 spiro atoms. The molecule has 178 valence electrons. The zero-order valence-corrected chi connectivity index (χ0v) is 16.3. The summed E-state index contributed by atoms with van der Waals surface area (Å²) in [4.78, 5) is 29.9. The molecule has 0 aliphatic rings. The fraction of sp³-hybridized carbons (Fsp3) is 0.500. The molecule has 2 rings (SSSR count). The van der Waals surface area contributed by atoms with Gasteiger partial charge < -0.3 is 40.9 Å². The third-order valence-electron chi connectivity index (χ3n) is 4.68. The van der Waals surface area contributed by atoms with E-state index in [1.165, 1.54) is 0 Å². The number of nitrogens with one attached hydrogen (secondary N) is 2. The molecule has 0 bridgehead atoms. The maximum Gasteiger partial charge on any atom is 0.416 e. The zero-order valence-electron chi connectivity index (χ0n) is 16.3. The first-order valence-corrected chi connectivity index (χ1v) is 9.22.